The number of ether oxygens (including phenoxy) is 2. The van der Waals surface area contributed by atoms with Crippen LogP contribution >= 0.6 is 0 Å². The van der Waals surface area contributed by atoms with Crippen molar-refractivity contribution in [1.82, 2.24) is 4.31 Å². The summed E-state index contributed by atoms with van der Waals surface area (Å²) in [5.74, 6) is 1.17. The van der Waals surface area contributed by atoms with Crippen LogP contribution < -0.4 is 14.4 Å². The number of hydrogen-bond acceptors (Lipinski definition) is 5. The van der Waals surface area contributed by atoms with Crippen LogP contribution in [-0.4, -0.2) is 52.5 Å². The minimum atomic E-state index is -3.46. The molecule has 0 aromatic heterocycles. The molecule has 160 valence electrons. The molecule has 2 aromatic carbocycles. The van der Waals surface area contributed by atoms with Gasteiger partial charge in [-0.2, -0.15) is 4.31 Å². The molecule has 7 nitrogen and oxygen atoms in total. The highest BCUT2D eigenvalue weighted by atomic mass is 32.2. The minimum Gasteiger partial charge on any atom is -0.493 e. The van der Waals surface area contributed by atoms with Crippen LogP contribution in [0.5, 0.6) is 11.5 Å². The second-order valence-electron chi connectivity index (χ2n) is 7.56. The maximum absolute atomic E-state index is 12.9. The quantitative estimate of drug-likeness (QED) is 0.704. The van der Waals surface area contributed by atoms with E-state index in [1.54, 1.807) is 53.8 Å². The molecule has 1 fully saturated rings. The van der Waals surface area contributed by atoms with Gasteiger partial charge >= 0.3 is 0 Å². The number of sulfonamides is 1. The maximum Gasteiger partial charge on any atom is 0.243 e. The van der Waals surface area contributed by atoms with E-state index in [4.69, 9.17) is 9.47 Å². The fourth-order valence-corrected chi connectivity index (χ4v) is 5.70. The lowest BCUT2D eigenvalue weighted by atomic mass is 10.1. The Morgan fingerprint density at radius 2 is 1.70 bits per heavy atom. The van der Waals surface area contributed by atoms with E-state index in [9.17, 15) is 13.2 Å². The molecule has 0 N–H and O–H groups in total. The predicted octanol–water partition coefficient (Wildman–Crippen LogP) is 2.62. The van der Waals surface area contributed by atoms with Gasteiger partial charge in [0, 0.05) is 25.3 Å². The number of hydrogen-bond donors (Lipinski definition) is 0. The van der Waals surface area contributed by atoms with Crippen LogP contribution in [0.3, 0.4) is 0 Å². The van der Waals surface area contributed by atoms with E-state index in [-0.39, 0.29) is 12.3 Å². The van der Waals surface area contributed by atoms with Crippen molar-refractivity contribution in [2.24, 2.45) is 0 Å². The van der Waals surface area contributed by atoms with Crippen LogP contribution in [0.2, 0.25) is 0 Å². The smallest absolute Gasteiger partial charge is 0.243 e. The summed E-state index contributed by atoms with van der Waals surface area (Å²) < 4.78 is 37.8. The molecule has 2 aromatic rings. The van der Waals surface area contributed by atoms with Crippen LogP contribution in [0, 0.1) is 0 Å². The molecule has 2 aliphatic rings. The van der Waals surface area contributed by atoms with Crippen molar-refractivity contribution in [2.75, 3.05) is 38.8 Å². The zero-order chi connectivity index (χ0) is 21.3. The lowest BCUT2D eigenvalue weighted by Gasteiger charge is -2.19. The Bertz CT molecular complexity index is 1060. The molecule has 0 saturated carbocycles. The highest BCUT2D eigenvalue weighted by Gasteiger charge is 2.30. The summed E-state index contributed by atoms with van der Waals surface area (Å²) in [5, 5.41) is 0. The van der Waals surface area contributed by atoms with Gasteiger partial charge in [0.25, 0.3) is 0 Å². The predicted molar refractivity (Wildman–Crippen MR) is 114 cm³/mol. The lowest BCUT2D eigenvalue weighted by molar-refractivity contribution is -0.117. The third-order valence-electron chi connectivity index (χ3n) is 5.75. The molecule has 0 bridgehead atoms. The van der Waals surface area contributed by atoms with Gasteiger partial charge in [-0.3, -0.25) is 4.79 Å². The SMILES string of the molecule is COc1ccc(CC(=O)N2CCc3cc(S(=O)(=O)N4CCCC4)ccc32)cc1OC. The number of nitrogens with zero attached hydrogens (tertiary/aromatic N) is 2. The van der Waals surface area contributed by atoms with E-state index in [0.29, 0.717) is 42.4 Å². The van der Waals surface area contributed by atoms with E-state index >= 15 is 0 Å². The van der Waals surface area contributed by atoms with E-state index < -0.39 is 10.0 Å². The van der Waals surface area contributed by atoms with E-state index in [1.165, 1.54) is 0 Å². The monoisotopic (exact) mass is 430 g/mol. The number of rotatable bonds is 6. The molecule has 4 rings (SSSR count). The summed E-state index contributed by atoms with van der Waals surface area (Å²) in [7, 11) is -0.322. The highest BCUT2D eigenvalue weighted by molar-refractivity contribution is 7.89. The summed E-state index contributed by atoms with van der Waals surface area (Å²) >= 11 is 0. The first-order chi connectivity index (χ1) is 14.4. The third kappa shape index (κ3) is 3.77. The van der Waals surface area contributed by atoms with Crippen molar-refractivity contribution in [3.05, 3.63) is 47.5 Å². The summed E-state index contributed by atoms with van der Waals surface area (Å²) in [5.41, 5.74) is 2.52. The van der Waals surface area contributed by atoms with Gasteiger partial charge in [-0.25, -0.2) is 8.42 Å². The Balaban J connectivity index is 1.53. The summed E-state index contributed by atoms with van der Waals surface area (Å²) in [6, 6.07) is 10.6. The molecule has 0 radical (unpaired) electrons. The lowest BCUT2D eigenvalue weighted by Crippen LogP contribution is -2.30. The number of fused-ring (bicyclic) bond motifs is 1. The number of anilines is 1. The molecule has 0 aliphatic carbocycles. The third-order valence-corrected chi connectivity index (χ3v) is 7.65. The average Bonchev–Trinajstić information content (AvgIpc) is 3.43. The first-order valence-corrected chi connectivity index (χ1v) is 11.5. The van der Waals surface area contributed by atoms with Crippen LogP contribution in [0.25, 0.3) is 0 Å². The number of amides is 1. The zero-order valence-corrected chi connectivity index (χ0v) is 18.1. The molecule has 0 unspecified atom stereocenters. The minimum absolute atomic E-state index is 0.0314. The molecular weight excluding hydrogens is 404 g/mol. The average molecular weight is 431 g/mol. The first kappa shape index (κ1) is 20.7. The van der Waals surface area contributed by atoms with E-state index in [2.05, 4.69) is 0 Å². The van der Waals surface area contributed by atoms with Crippen molar-refractivity contribution in [3.63, 3.8) is 0 Å². The fraction of sp³-hybridized carbons (Fsp3) is 0.409. The van der Waals surface area contributed by atoms with Crippen LogP contribution in [-0.2, 0) is 27.7 Å². The Morgan fingerprint density at radius 1 is 0.967 bits per heavy atom. The van der Waals surface area contributed by atoms with Crippen molar-refractivity contribution in [1.29, 1.82) is 0 Å². The molecule has 1 saturated heterocycles. The van der Waals surface area contributed by atoms with Gasteiger partial charge in [0.05, 0.1) is 25.5 Å². The summed E-state index contributed by atoms with van der Waals surface area (Å²) in [6.45, 7) is 1.71. The first-order valence-electron chi connectivity index (χ1n) is 10.1. The molecule has 8 heteroatoms. The Morgan fingerprint density at radius 3 is 2.40 bits per heavy atom. The summed E-state index contributed by atoms with van der Waals surface area (Å²) in [4.78, 5) is 15.0. The standard InChI is InChI=1S/C22H26N2O5S/c1-28-20-8-5-16(13-21(20)29-2)14-22(25)24-12-9-17-15-18(6-7-19(17)24)30(26,27)23-10-3-4-11-23/h5-8,13,15H,3-4,9-12,14H2,1-2H3. The van der Waals surface area contributed by atoms with E-state index in [0.717, 1.165) is 29.7 Å². The Labute approximate surface area is 177 Å². The van der Waals surface area contributed by atoms with Crippen LogP contribution in [0.15, 0.2) is 41.3 Å². The van der Waals surface area contributed by atoms with Crippen LogP contribution in [0.1, 0.15) is 24.0 Å². The van der Waals surface area contributed by atoms with Crippen LogP contribution in [0.4, 0.5) is 5.69 Å². The van der Waals surface area contributed by atoms with Gasteiger partial charge in [-0.15, -0.1) is 0 Å². The van der Waals surface area contributed by atoms with Crippen molar-refractivity contribution in [2.45, 2.75) is 30.6 Å². The molecule has 2 aliphatic heterocycles. The van der Waals surface area contributed by atoms with Crippen molar-refractivity contribution in [3.8, 4) is 11.5 Å². The molecule has 0 spiro atoms. The van der Waals surface area contributed by atoms with Gasteiger partial charge in [-0.05, 0) is 60.7 Å². The molecule has 0 atom stereocenters. The second-order valence-corrected chi connectivity index (χ2v) is 9.50. The number of carbonyl (C=O) groups excluding carboxylic acids is 1. The Kier molecular flexibility index (Phi) is 5.71. The largest absolute Gasteiger partial charge is 0.493 e. The fourth-order valence-electron chi connectivity index (χ4n) is 4.14. The van der Waals surface area contributed by atoms with E-state index in [1.807, 2.05) is 6.07 Å². The molecular formula is C22H26N2O5S. The summed E-state index contributed by atoms with van der Waals surface area (Å²) in [6.07, 6.45) is 2.69. The number of benzene rings is 2. The molecule has 1 amide bonds. The van der Waals surface area contributed by atoms with Gasteiger partial charge in [0.2, 0.25) is 15.9 Å². The van der Waals surface area contributed by atoms with Gasteiger partial charge in [0.15, 0.2) is 11.5 Å². The second kappa shape index (κ2) is 8.28. The number of carbonyl (C=O) groups is 1. The number of methoxy groups -OCH3 is 2. The Hall–Kier alpha value is -2.58. The van der Waals surface area contributed by atoms with Gasteiger partial charge in [0.1, 0.15) is 0 Å². The molecule has 2 heterocycles. The molecule has 30 heavy (non-hydrogen) atoms. The highest BCUT2D eigenvalue weighted by Crippen LogP contribution is 2.33. The maximum atomic E-state index is 12.9. The zero-order valence-electron chi connectivity index (χ0n) is 17.3. The van der Waals surface area contributed by atoms with Crippen molar-refractivity contribution >= 4 is 21.6 Å². The van der Waals surface area contributed by atoms with Gasteiger partial charge < -0.3 is 14.4 Å². The topological polar surface area (TPSA) is 76.2 Å². The van der Waals surface area contributed by atoms with Gasteiger partial charge in [-0.1, -0.05) is 6.07 Å². The van der Waals surface area contributed by atoms with Crippen molar-refractivity contribution < 1.29 is 22.7 Å². The normalized spacial score (nSPS) is 16.5.